The highest BCUT2D eigenvalue weighted by Crippen LogP contribution is 2.07. The van der Waals surface area contributed by atoms with Gasteiger partial charge in [0.05, 0.1) is 19.8 Å². The Kier molecular flexibility index (Phi) is 12.2. The molecule has 6 heteroatoms. The lowest BCUT2D eigenvalue weighted by atomic mass is 10.2. The molecule has 0 rings (SSSR count). The quantitative estimate of drug-likeness (QED) is 0.193. The third-order valence-electron chi connectivity index (χ3n) is 3.27. The Labute approximate surface area is 127 Å². The topological polar surface area (TPSA) is 87.0 Å². The first-order valence-corrected chi connectivity index (χ1v) is 7.61. The van der Waals surface area contributed by atoms with Crippen molar-refractivity contribution in [1.29, 1.82) is 0 Å². The van der Waals surface area contributed by atoms with Crippen molar-refractivity contribution in [3.8, 4) is 0 Å². The molecule has 0 aromatic rings. The summed E-state index contributed by atoms with van der Waals surface area (Å²) < 4.78 is 5.61. The summed E-state index contributed by atoms with van der Waals surface area (Å²) >= 11 is 0. The molecule has 0 radical (unpaired) electrons. The molecule has 0 amide bonds. The van der Waals surface area contributed by atoms with Crippen LogP contribution in [0.15, 0.2) is 12.2 Å². The SMILES string of the molecule is CCC/C=C/CCCOC[N+](CCO)(CCO)CC(=O)O. The molecule has 21 heavy (non-hydrogen) atoms. The van der Waals surface area contributed by atoms with Crippen molar-refractivity contribution in [2.45, 2.75) is 32.6 Å². The van der Waals surface area contributed by atoms with Crippen molar-refractivity contribution in [2.75, 3.05) is 46.2 Å². The van der Waals surface area contributed by atoms with E-state index in [9.17, 15) is 4.79 Å². The van der Waals surface area contributed by atoms with E-state index in [4.69, 9.17) is 20.1 Å². The molecule has 0 heterocycles. The number of aliphatic hydroxyl groups excluding tert-OH is 2. The summed E-state index contributed by atoms with van der Waals surface area (Å²) in [6.45, 7) is 3.01. The van der Waals surface area contributed by atoms with E-state index in [0.29, 0.717) is 6.61 Å². The number of aliphatic carboxylic acids is 1. The monoisotopic (exact) mass is 304 g/mol. The van der Waals surface area contributed by atoms with Crippen LogP contribution in [0.1, 0.15) is 32.6 Å². The average Bonchev–Trinajstić information content (AvgIpc) is 2.41. The molecule has 124 valence electrons. The first kappa shape index (κ1) is 20.1. The highest BCUT2D eigenvalue weighted by molar-refractivity contribution is 5.67. The van der Waals surface area contributed by atoms with E-state index in [-0.39, 0.29) is 44.1 Å². The van der Waals surface area contributed by atoms with E-state index in [2.05, 4.69) is 19.1 Å². The summed E-state index contributed by atoms with van der Waals surface area (Å²) in [6.07, 6.45) is 8.34. The molecule has 3 N–H and O–H groups in total. The van der Waals surface area contributed by atoms with Gasteiger partial charge in [0.15, 0.2) is 13.3 Å². The van der Waals surface area contributed by atoms with E-state index in [1.165, 1.54) is 0 Å². The van der Waals surface area contributed by atoms with Crippen LogP contribution in [0.4, 0.5) is 0 Å². The zero-order valence-electron chi connectivity index (χ0n) is 13.0. The first-order valence-electron chi connectivity index (χ1n) is 7.61. The van der Waals surface area contributed by atoms with Crippen LogP contribution in [0.2, 0.25) is 0 Å². The minimum atomic E-state index is -0.956. The summed E-state index contributed by atoms with van der Waals surface area (Å²) in [6, 6.07) is 0. The molecule has 0 aromatic carbocycles. The number of carboxylic acids is 1. The largest absolute Gasteiger partial charge is 0.477 e. The van der Waals surface area contributed by atoms with Crippen LogP contribution >= 0.6 is 0 Å². The predicted octanol–water partition coefficient (Wildman–Crippen LogP) is 0.983. The zero-order chi connectivity index (χ0) is 16.0. The highest BCUT2D eigenvalue weighted by atomic mass is 16.5. The maximum absolute atomic E-state index is 11.0. The van der Waals surface area contributed by atoms with Crippen LogP contribution in [-0.4, -0.2) is 72.0 Å². The van der Waals surface area contributed by atoms with Crippen molar-refractivity contribution in [3.63, 3.8) is 0 Å². The number of rotatable bonds is 14. The molecule has 0 aliphatic rings. The summed E-state index contributed by atoms with van der Waals surface area (Å²) in [5.74, 6) is -0.956. The number of hydrogen-bond acceptors (Lipinski definition) is 4. The van der Waals surface area contributed by atoms with E-state index >= 15 is 0 Å². The number of nitrogens with zero attached hydrogens (tertiary/aromatic N) is 1. The molecule has 6 nitrogen and oxygen atoms in total. The lowest BCUT2D eigenvalue weighted by molar-refractivity contribution is -0.939. The second-order valence-corrected chi connectivity index (χ2v) is 5.23. The van der Waals surface area contributed by atoms with Crippen LogP contribution < -0.4 is 0 Å². The second kappa shape index (κ2) is 12.8. The number of carbonyl (C=O) groups is 1. The van der Waals surface area contributed by atoms with Gasteiger partial charge in [-0.15, -0.1) is 0 Å². The van der Waals surface area contributed by atoms with E-state index in [1.54, 1.807) is 0 Å². The molecule has 0 saturated carbocycles. The van der Waals surface area contributed by atoms with Crippen molar-refractivity contribution in [3.05, 3.63) is 12.2 Å². The third kappa shape index (κ3) is 10.4. The Balaban J connectivity index is 4.12. The molecular weight excluding hydrogens is 274 g/mol. The number of hydrogen-bond donors (Lipinski definition) is 3. The lowest BCUT2D eigenvalue weighted by Crippen LogP contribution is -2.55. The van der Waals surface area contributed by atoms with Crippen LogP contribution in [0.25, 0.3) is 0 Å². The molecule has 0 aromatic heterocycles. The molecule has 0 aliphatic carbocycles. The van der Waals surface area contributed by atoms with Crippen molar-refractivity contribution < 1.29 is 29.3 Å². The number of ether oxygens (including phenoxy) is 1. The van der Waals surface area contributed by atoms with E-state index in [1.807, 2.05) is 0 Å². The lowest BCUT2D eigenvalue weighted by Gasteiger charge is -2.35. The molecule has 0 bridgehead atoms. The Morgan fingerprint density at radius 3 is 2.29 bits per heavy atom. The van der Waals surface area contributed by atoms with Crippen LogP contribution in [-0.2, 0) is 9.53 Å². The molecule has 0 fully saturated rings. The summed E-state index contributed by atoms with van der Waals surface area (Å²) in [5.41, 5.74) is 0. The second-order valence-electron chi connectivity index (χ2n) is 5.23. The number of unbranched alkanes of at least 4 members (excludes halogenated alkanes) is 2. The zero-order valence-corrected chi connectivity index (χ0v) is 13.0. The number of aliphatic hydroxyl groups is 2. The molecule has 0 atom stereocenters. The average molecular weight is 304 g/mol. The fraction of sp³-hybridized carbons (Fsp3) is 0.800. The number of quaternary nitrogens is 1. The molecular formula is C15H30NO5+. The molecule has 0 saturated heterocycles. The Morgan fingerprint density at radius 1 is 1.14 bits per heavy atom. The number of carboxylic acid groups (broad SMARTS) is 1. The van der Waals surface area contributed by atoms with Crippen LogP contribution in [0.5, 0.6) is 0 Å². The maximum atomic E-state index is 11.0. The third-order valence-corrected chi connectivity index (χ3v) is 3.27. The van der Waals surface area contributed by atoms with Crippen LogP contribution in [0.3, 0.4) is 0 Å². The molecule has 0 spiro atoms. The Morgan fingerprint density at radius 2 is 1.76 bits per heavy atom. The predicted molar refractivity (Wildman–Crippen MR) is 80.8 cm³/mol. The fourth-order valence-corrected chi connectivity index (χ4v) is 2.12. The minimum absolute atomic E-state index is 0.0496. The van der Waals surface area contributed by atoms with Gasteiger partial charge in [-0.3, -0.25) is 4.48 Å². The summed E-state index contributed by atoms with van der Waals surface area (Å²) in [7, 11) is 0. The van der Waals surface area contributed by atoms with Crippen molar-refractivity contribution in [1.82, 2.24) is 0 Å². The highest BCUT2D eigenvalue weighted by Gasteiger charge is 2.29. The summed E-state index contributed by atoms with van der Waals surface area (Å²) in [4.78, 5) is 11.0. The summed E-state index contributed by atoms with van der Waals surface area (Å²) in [5, 5.41) is 27.2. The standard InChI is InChI=1S/C15H29NO5/c1-2-3-4-5-6-7-12-21-14-16(8-10-17,9-11-18)13-15(19)20/h4-5,17-18H,2-3,6-14H2,1H3/p+1/b5-4+. The van der Waals surface area contributed by atoms with Gasteiger partial charge in [-0.25, -0.2) is 4.79 Å². The van der Waals surface area contributed by atoms with Gasteiger partial charge in [-0.2, -0.15) is 0 Å². The van der Waals surface area contributed by atoms with Gasteiger partial charge in [0.2, 0.25) is 0 Å². The normalized spacial score (nSPS) is 12.1. The molecule has 0 unspecified atom stereocenters. The molecule has 0 aliphatic heterocycles. The van der Waals surface area contributed by atoms with Gasteiger partial charge in [0.1, 0.15) is 13.1 Å². The van der Waals surface area contributed by atoms with Crippen LogP contribution in [0, 0.1) is 0 Å². The maximum Gasteiger partial charge on any atom is 0.359 e. The van der Waals surface area contributed by atoms with E-state index < -0.39 is 5.97 Å². The van der Waals surface area contributed by atoms with E-state index in [0.717, 1.165) is 25.7 Å². The Bertz CT molecular complexity index is 288. The van der Waals surface area contributed by atoms with Gasteiger partial charge in [0, 0.05) is 0 Å². The van der Waals surface area contributed by atoms with Gasteiger partial charge < -0.3 is 20.1 Å². The number of allylic oxidation sites excluding steroid dienone is 2. The van der Waals surface area contributed by atoms with Crippen molar-refractivity contribution >= 4 is 5.97 Å². The van der Waals surface area contributed by atoms with Gasteiger partial charge >= 0.3 is 5.97 Å². The van der Waals surface area contributed by atoms with Gasteiger partial charge in [-0.05, 0) is 19.3 Å². The first-order chi connectivity index (χ1) is 10.1. The smallest absolute Gasteiger partial charge is 0.359 e. The Hall–Kier alpha value is -0.950. The van der Waals surface area contributed by atoms with Gasteiger partial charge in [-0.1, -0.05) is 25.5 Å². The minimum Gasteiger partial charge on any atom is -0.477 e. The fourth-order valence-electron chi connectivity index (χ4n) is 2.12. The van der Waals surface area contributed by atoms with Gasteiger partial charge in [0.25, 0.3) is 0 Å². The van der Waals surface area contributed by atoms with Crippen molar-refractivity contribution in [2.24, 2.45) is 0 Å².